The maximum absolute atomic E-state index is 13.5. The Bertz CT molecular complexity index is 472. The lowest BCUT2D eigenvalue weighted by molar-refractivity contribution is -0.00548. The van der Waals surface area contributed by atoms with E-state index in [-0.39, 0.29) is 23.4 Å². The number of hydrogen-bond donors (Lipinski definition) is 1. The van der Waals surface area contributed by atoms with E-state index in [2.05, 4.69) is 32.6 Å². The van der Waals surface area contributed by atoms with Crippen LogP contribution in [0.15, 0.2) is 18.2 Å². The zero-order chi connectivity index (χ0) is 14.9. The van der Waals surface area contributed by atoms with Crippen LogP contribution >= 0.6 is 0 Å². The van der Waals surface area contributed by atoms with E-state index in [9.17, 15) is 4.39 Å². The predicted octanol–water partition coefficient (Wildman–Crippen LogP) is 2.95. The fourth-order valence-electron chi connectivity index (χ4n) is 2.97. The number of nitrogens with zero attached hydrogens (tertiary/aromatic N) is 1. The Balaban J connectivity index is 2.33. The highest BCUT2D eigenvalue weighted by Gasteiger charge is 2.42. The predicted molar refractivity (Wildman–Crippen MR) is 79.3 cm³/mol. The molecule has 0 radical (unpaired) electrons. The van der Waals surface area contributed by atoms with Crippen molar-refractivity contribution in [3.8, 4) is 5.75 Å². The second-order valence-corrected chi connectivity index (χ2v) is 6.01. The summed E-state index contributed by atoms with van der Waals surface area (Å²) in [5.41, 5.74) is 6.84. The molecule has 20 heavy (non-hydrogen) atoms. The van der Waals surface area contributed by atoms with Crippen molar-refractivity contribution in [2.75, 3.05) is 19.6 Å². The van der Waals surface area contributed by atoms with Gasteiger partial charge in [0, 0.05) is 24.1 Å². The van der Waals surface area contributed by atoms with Crippen LogP contribution in [0.3, 0.4) is 0 Å². The van der Waals surface area contributed by atoms with Crippen LogP contribution in [0, 0.1) is 11.7 Å². The van der Waals surface area contributed by atoms with Gasteiger partial charge < -0.3 is 15.4 Å². The highest BCUT2D eigenvalue weighted by molar-refractivity contribution is 5.40. The maximum atomic E-state index is 13.5. The van der Waals surface area contributed by atoms with Gasteiger partial charge in [-0.3, -0.25) is 0 Å². The summed E-state index contributed by atoms with van der Waals surface area (Å²) < 4.78 is 19.5. The summed E-state index contributed by atoms with van der Waals surface area (Å²) in [6, 6.07) is 4.40. The Hall–Kier alpha value is -1.13. The number of nitrogens with two attached hydrogens (primary N) is 1. The molecule has 2 rings (SSSR count). The molecule has 1 aliphatic rings. The first kappa shape index (κ1) is 15.3. The molecule has 0 aromatic heterocycles. The van der Waals surface area contributed by atoms with Crippen LogP contribution in [0.25, 0.3) is 0 Å². The minimum Gasteiger partial charge on any atom is -0.487 e. The van der Waals surface area contributed by atoms with E-state index >= 15 is 0 Å². The molecular formula is C16H25FN2O. The summed E-state index contributed by atoms with van der Waals surface area (Å²) in [5, 5.41) is 0. The number of benzene rings is 1. The number of halogens is 1. The standard InChI is InChI=1S/C16H25FN2O/c1-5-19(6-2)10-13-15(18)12-9-11(17)7-8-14(12)20-16(13,3)4/h7-9,13,15H,5-6,10,18H2,1-4H3. The molecule has 0 amide bonds. The molecule has 1 heterocycles. The summed E-state index contributed by atoms with van der Waals surface area (Å²) >= 11 is 0. The second kappa shape index (κ2) is 5.70. The average molecular weight is 280 g/mol. The lowest BCUT2D eigenvalue weighted by atomic mass is 9.78. The minimum absolute atomic E-state index is 0.136. The van der Waals surface area contributed by atoms with Crippen LogP contribution in [-0.2, 0) is 0 Å². The van der Waals surface area contributed by atoms with Gasteiger partial charge in [-0.15, -0.1) is 0 Å². The van der Waals surface area contributed by atoms with Crippen LogP contribution in [-0.4, -0.2) is 30.1 Å². The molecule has 0 saturated carbocycles. The van der Waals surface area contributed by atoms with Crippen molar-refractivity contribution in [2.24, 2.45) is 11.7 Å². The van der Waals surface area contributed by atoms with Crippen molar-refractivity contribution >= 4 is 0 Å². The third kappa shape index (κ3) is 2.81. The van der Waals surface area contributed by atoms with E-state index in [1.807, 2.05) is 0 Å². The Labute approximate surface area is 120 Å². The molecule has 0 bridgehead atoms. The molecule has 1 aliphatic heterocycles. The van der Waals surface area contributed by atoms with Crippen molar-refractivity contribution in [1.29, 1.82) is 0 Å². The van der Waals surface area contributed by atoms with Crippen molar-refractivity contribution in [3.05, 3.63) is 29.6 Å². The zero-order valence-electron chi connectivity index (χ0n) is 12.8. The first-order valence-electron chi connectivity index (χ1n) is 7.35. The fraction of sp³-hybridized carbons (Fsp3) is 0.625. The van der Waals surface area contributed by atoms with Crippen LogP contribution in [0.5, 0.6) is 5.75 Å². The van der Waals surface area contributed by atoms with Gasteiger partial charge in [0.1, 0.15) is 17.2 Å². The lowest BCUT2D eigenvalue weighted by Crippen LogP contribution is -2.51. The van der Waals surface area contributed by atoms with Gasteiger partial charge >= 0.3 is 0 Å². The number of ether oxygens (including phenoxy) is 1. The molecule has 2 atom stereocenters. The molecule has 1 aromatic rings. The largest absolute Gasteiger partial charge is 0.487 e. The van der Waals surface area contributed by atoms with E-state index in [0.717, 1.165) is 25.2 Å². The summed E-state index contributed by atoms with van der Waals surface area (Å²) in [4.78, 5) is 2.33. The summed E-state index contributed by atoms with van der Waals surface area (Å²) in [5.74, 6) is 0.584. The molecular weight excluding hydrogens is 255 g/mol. The van der Waals surface area contributed by atoms with Gasteiger partial charge in [-0.05, 0) is 45.1 Å². The second-order valence-electron chi connectivity index (χ2n) is 6.01. The van der Waals surface area contributed by atoms with Crippen molar-refractivity contribution in [2.45, 2.75) is 39.3 Å². The molecule has 0 aliphatic carbocycles. The first-order valence-corrected chi connectivity index (χ1v) is 7.35. The van der Waals surface area contributed by atoms with Gasteiger partial charge in [-0.1, -0.05) is 13.8 Å². The number of fused-ring (bicyclic) bond motifs is 1. The van der Waals surface area contributed by atoms with E-state index < -0.39 is 0 Å². The smallest absolute Gasteiger partial charge is 0.125 e. The summed E-state index contributed by atoms with van der Waals surface area (Å²) in [7, 11) is 0. The highest BCUT2D eigenvalue weighted by Crippen LogP contribution is 2.42. The monoisotopic (exact) mass is 280 g/mol. The Morgan fingerprint density at radius 2 is 1.95 bits per heavy atom. The normalized spacial score (nSPS) is 24.4. The Kier molecular flexibility index (Phi) is 4.35. The molecule has 2 N–H and O–H groups in total. The van der Waals surface area contributed by atoms with Crippen molar-refractivity contribution < 1.29 is 9.13 Å². The van der Waals surface area contributed by atoms with Crippen LogP contribution in [0.4, 0.5) is 4.39 Å². The first-order chi connectivity index (χ1) is 9.39. The highest BCUT2D eigenvalue weighted by atomic mass is 19.1. The maximum Gasteiger partial charge on any atom is 0.125 e. The topological polar surface area (TPSA) is 38.5 Å². The average Bonchev–Trinajstić information content (AvgIpc) is 2.40. The van der Waals surface area contributed by atoms with Gasteiger partial charge in [0.2, 0.25) is 0 Å². The SMILES string of the molecule is CCN(CC)CC1C(N)c2cc(F)ccc2OC1(C)C. The quantitative estimate of drug-likeness (QED) is 0.921. The lowest BCUT2D eigenvalue weighted by Gasteiger charge is -2.45. The summed E-state index contributed by atoms with van der Waals surface area (Å²) in [6.45, 7) is 11.2. The number of hydrogen-bond acceptors (Lipinski definition) is 3. The van der Waals surface area contributed by atoms with Gasteiger partial charge in [0.25, 0.3) is 0 Å². The van der Waals surface area contributed by atoms with Crippen LogP contribution in [0.2, 0.25) is 0 Å². The van der Waals surface area contributed by atoms with E-state index in [4.69, 9.17) is 10.5 Å². The third-order valence-electron chi connectivity index (χ3n) is 4.38. The van der Waals surface area contributed by atoms with Crippen LogP contribution in [0.1, 0.15) is 39.3 Å². The minimum atomic E-state index is -0.354. The molecule has 0 spiro atoms. The molecule has 3 nitrogen and oxygen atoms in total. The van der Waals surface area contributed by atoms with Crippen molar-refractivity contribution in [3.63, 3.8) is 0 Å². The van der Waals surface area contributed by atoms with Gasteiger partial charge in [0.15, 0.2) is 0 Å². The van der Waals surface area contributed by atoms with E-state index in [1.54, 1.807) is 6.07 Å². The van der Waals surface area contributed by atoms with Gasteiger partial charge in [0.05, 0.1) is 0 Å². The third-order valence-corrected chi connectivity index (χ3v) is 4.38. The number of rotatable bonds is 4. The molecule has 0 saturated heterocycles. The van der Waals surface area contributed by atoms with Gasteiger partial charge in [-0.25, -0.2) is 4.39 Å². The van der Waals surface area contributed by atoms with E-state index in [1.165, 1.54) is 12.1 Å². The van der Waals surface area contributed by atoms with E-state index in [0.29, 0.717) is 5.75 Å². The zero-order valence-corrected chi connectivity index (χ0v) is 12.8. The Morgan fingerprint density at radius 1 is 1.30 bits per heavy atom. The van der Waals surface area contributed by atoms with Crippen LogP contribution < -0.4 is 10.5 Å². The van der Waals surface area contributed by atoms with Gasteiger partial charge in [-0.2, -0.15) is 0 Å². The fourth-order valence-corrected chi connectivity index (χ4v) is 2.97. The molecule has 112 valence electrons. The van der Waals surface area contributed by atoms with Crippen molar-refractivity contribution in [1.82, 2.24) is 4.90 Å². The Morgan fingerprint density at radius 3 is 2.55 bits per heavy atom. The molecule has 4 heteroatoms. The molecule has 0 fully saturated rings. The molecule has 1 aromatic carbocycles. The molecule has 2 unspecified atom stereocenters. The summed E-state index contributed by atoms with van der Waals surface area (Å²) in [6.07, 6.45) is 0.